The van der Waals surface area contributed by atoms with Gasteiger partial charge in [-0.25, -0.2) is 4.68 Å². The van der Waals surface area contributed by atoms with Gasteiger partial charge in [-0.2, -0.15) is 0 Å². The summed E-state index contributed by atoms with van der Waals surface area (Å²) in [4.78, 5) is 0. The second-order valence-electron chi connectivity index (χ2n) is 9.68. The van der Waals surface area contributed by atoms with Crippen LogP contribution in [0.2, 0.25) is 0 Å². The lowest BCUT2D eigenvalue weighted by Gasteiger charge is -2.57. The van der Waals surface area contributed by atoms with Gasteiger partial charge >= 0.3 is 0 Å². The minimum Gasteiger partial charge on any atom is -0.393 e. The molecule has 3 fully saturated rings. The zero-order chi connectivity index (χ0) is 17.2. The van der Waals surface area contributed by atoms with Gasteiger partial charge in [0.05, 0.1) is 18.3 Å². The summed E-state index contributed by atoms with van der Waals surface area (Å²) in [7, 11) is 0. The molecule has 5 rings (SSSR count). The van der Waals surface area contributed by atoms with Gasteiger partial charge < -0.3 is 5.11 Å². The van der Waals surface area contributed by atoms with E-state index in [9.17, 15) is 5.11 Å². The normalized spacial score (nSPS) is 49.1. The lowest BCUT2D eigenvalue weighted by atomic mass is 9.48. The summed E-state index contributed by atoms with van der Waals surface area (Å²) >= 11 is 0. The maximum atomic E-state index is 10.1. The van der Waals surface area contributed by atoms with Crippen molar-refractivity contribution in [2.45, 2.75) is 77.4 Å². The summed E-state index contributed by atoms with van der Waals surface area (Å²) in [6.45, 7) is 5.04. The van der Waals surface area contributed by atoms with Gasteiger partial charge in [0.2, 0.25) is 0 Å². The molecule has 3 unspecified atom stereocenters. The van der Waals surface area contributed by atoms with Crippen LogP contribution in [0.1, 0.15) is 71.3 Å². The molecular weight excluding hydrogens is 310 g/mol. The third-order valence-corrected chi connectivity index (χ3v) is 8.79. The first-order chi connectivity index (χ1) is 12.0. The van der Waals surface area contributed by atoms with Crippen molar-refractivity contribution in [3.8, 4) is 0 Å². The lowest BCUT2D eigenvalue weighted by molar-refractivity contribution is -0.0489. The summed E-state index contributed by atoms with van der Waals surface area (Å²) in [6, 6.07) is 0.521. The number of aliphatic hydroxyl groups excluding tert-OH is 1. The Morgan fingerprint density at radius 2 is 2.00 bits per heavy atom. The first kappa shape index (κ1) is 16.0. The van der Waals surface area contributed by atoms with Gasteiger partial charge in [0, 0.05) is 6.20 Å². The van der Waals surface area contributed by atoms with Gasteiger partial charge in [-0.15, -0.1) is 5.10 Å². The predicted molar refractivity (Wildman–Crippen MR) is 96.8 cm³/mol. The van der Waals surface area contributed by atoms with E-state index in [2.05, 4.69) is 41.1 Å². The van der Waals surface area contributed by atoms with Crippen molar-refractivity contribution in [2.75, 3.05) is 0 Å². The highest BCUT2D eigenvalue weighted by atomic mass is 16.3. The molecule has 4 nitrogen and oxygen atoms in total. The van der Waals surface area contributed by atoms with E-state index < -0.39 is 0 Å². The number of aromatic nitrogens is 3. The van der Waals surface area contributed by atoms with E-state index in [-0.39, 0.29) is 6.10 Å². The number of nitrogens with zero attached hydrogens (tertiary/aromatic N) is 3. The molecule has 0 aliphatic heterocycles. The van der Waals surface area contributed by atoms with E-state index in [1.54, 1.807) is 5.57 Å². The highest BCUT2D eigenvalue weighted by Crippen LogP contribution is 2.66. The van der Waals surface area contributed by atoms with E-state index in [1.807, 2.05) is 6.20 Å². The largest absolute Gasteiger partial charge is 0.393 e. The summed E-state index contributed by atoms with van der Waals surface area (Å²) in [5.74, 6) is 2.44. The van der Waals surface area contributed by atoms with Crippen LogP contribution in [-0.2, 0) is 0 Å². The fraction of sp³-hybridized carbons (Fsp3) is 0.810. The number of allylic oxidation sites excluding steroid dienone is 1. The maximum Gasteiger partial charge on any atom is 0.0693 e. The van der Waals surface area contributed by atoms with Crippen molar-refractivity contribution >= 4 is 0 Å². The van der Waals surface area contributed by atoms with E-state index in [0.29, 0.717) is 16.9 Å². The SMILES string of the molecule is C[C@]12CC[C@H](O)CC1=CCC1C2CC[C@@]2(C)C1CC[C@@H]2n1ccnn1. The summed E-state index contributed by atoms with van der Waals surface area (Å²) < 4.78 is 2.14. The average molecular weight is 341 g/mol. The van der Waals surface area contributed by atoms with Gasteiger partial charge in [-0.05, 0) is 80.0 Å². The van der Waals surface area contributed by atoms with Gasteiger partial charge in [-0.1, -0.05) is 30.7 Å². The Hall–Kier alpha value is -1.16. The molecule has 25 heavy (non-hydrogen) atoms. The maximum absolute atomic E-state index is 10.1. The van der Waals surface area contributed by atoms with E-state index in [0.717, 1.165) is 30.6 Å². The van der Waals surface area contributed by atoms with Crippen LogP contribution < -0.4 is 0 Å². The molecule has 0 spiro atoms. The quantitative estimate of drug-likeness (QED) is 0.781. The topological polar surface area (TPSA) is 50.9 Å². The molecule has 1 heterocycles. The molecular formula is C21H31N3O. The van der Waals surface area contributed by atoms with Crippen molar-refractivity contribution in [3.63, 3.8) is 0 Å². The standard InChI is InChI=1S/C21H31N3O/c1-20-9-7-15(25)13-14(20)3-4-16-17-5-6-19(24-12-11-22-23-24)21(17,2)10-8-18(16)20/h3,11-12,15-19,25H,4-10,13H2,1-2H3/t15-,16?,17?,18?,19-,20-,21-/m0/s1. The van der Waals surface area contributed by atoms with Gasteiger partial charge in [0.25, 0.3) is 0 Å². The van der Waals surface area contributed by atoms with E-state index in [1.165, 1.54) is 38.5 Å². The van der Waals surface area contributed by atoms with E-state index >= 15 is 0 Å². The summed E-state index contributed by atoms with van der Waals surface area (Å²) in [6.07, 6.45) is 15.9. The molecule has 4 aliphatic rings. The Kier molecular flexibility index (Phi) is 3.48. The number of rotatable bonds is 1. The number of hydrogen-bond donors (Lipinski definition) is 1. The van der Waals surface area contributed by atoms with Crippen LogP contribution in [0.4, 0.5) is 0 Å². The third kappa shape index (κ3) is 2.16. The molecule has 0 amide bonds. The Morgan fingerprint density at radius 1 is 1.12 bits per heavy atom. The minimum absolute atomic E-state index is 0.104. The van der Waals surface area contributed by atoms with Crippen molar-refractivity contribution in [3.05, 3.63) is 24.0 Å². The summed E-state index contributed by atoms with van der Waals surface area (Å²) in [5.41, 5.74) is 2.28. The van der Waals surface area contributed by atoms with Gasteiger partial charge in [-0.3, -0.25) is 0 Å². The average Bonchev–Trinajstić information content (AvgIpc) is 3.22. The second kappa shape index (κ2) is 5.42. The Morgan fingerprint density at radius 3 is 2.80 bits per heavy atom. The molecule has 4 aliphatic carbocycles. The van der Waals surface area contributed by atoms with Crippen LogP contribution in [0.5, 0.6) is 0 Å². The minimum atomic E-state index is -0.104. The molecule has 4 heteroatoms. The molecule has 7 atom stereocenters. The molecule has 0 bridgehead atoms. The summed E-state index contributed by atoms with van der Waals surface area (Å²) in [5, 5.41) is 18.6. The van der Waals surface area contributed by atoms with Gasteiger partial charge in [0.1, 0.15) is 0 Å². The monoisotopic (exact) mass is 341 g/mol. The molecule has 136 valence electrons. The van der Waals surface area contributed by atoms with Crippen molar-refractivity contribution < 1.29 is 5.11 Å². The number of aliphatic hydroxyl groups is 1. The molecule has 3 saturated carbocycles. The Labute approximate surface area is 150 Å². The number of fused-ring (bicyclic) bond motifs is 5. The zero-order valence-corrected chi connectivity index (χ0v) is 15.6. The third-order valence-electron chi connectivity index (χ3n) is 8.79. The Balaban J connectivity index is 1.47. The van der Waals surface area contributed by atoms with Crippen LogP contribution in [0.25, 0.3) is 0 Å². The number of hydrogen-bond acceptors (Lipinski definition) is 3. The molecule has 0 radical (unpaired) electrons. The highest BCUT2D eigenvalue weighted by molar-refractivity contribution is 5.25. The second-order valence-corrected chi connectivity index (χ2v) is 9.68. The molecule has 0 aromatic carbocycles. The highest BCUT2D eigenvalue weighted by Gasteiger charge is 2.59. The van der Waals surface area contributed by atoms with Crippen molar-refractivity contribution in [1.82, 2.24) is 15.0 Å². The Bertz CT molecular complexity index is 683. The van der Waals surface area contributed by atoms with E-state index in [4.69, 9.17) is 0 Å². The fourth-order valence-electron chi connectivity index (χ4n) is 7.43. The van der Waals surface area contributed by atoms with Crippen molar-refractivity contribution in [2.24, 2.45) is 28.6 Å². The lowest BCUT2D eigenvalue weighted by Crippen LogP contribution is -2.50. The molecule has 1 aromatic heterocycles. The predicted octanol–water partition coefficient (Wildman–Crippen LogP) is 4.14. The van der Waals surface area contributed by atoms with Crippen LogP contribution in [0.3, 0.4) is 0 Å². The van der Waals surface area contributed by atoms with Crippen LogP contribution >= 0.6 is 0 Å². The smallest absolute Gasteiger partial charge is 0.0693 e. The van der Waals surface area contributed by atoms with Crippen molar-refractivity contribution in [1.29, 1.82) is 0 Å². The first-order valence-electron chi connectivity index (χ1n) is 10.3. The van der Waals surface area contributed by atoms with Crippen LogP contribution in [0, 0.1) is 28.6 Å². The molecule has 1 aromatic rings. The first-order valence-corrected chi connectivity index (χ1v) is 10.3. The van der Waals surface area contributed by atoms with Crippen LogP contribution in [-0.4, -0.2) is 26.2 Å². The molecule has 1 N–H and O–H groups in total. The van der Waals surface area contributed by atoms with Crippen LogP contribution in [0.15, 0.2) is 24.0 Å². The molecule has 0 saturated heterocycles. The van der Waals surface area contributed by atoms with Gasteiger partial charge in [0.15, 0.2) is 0 Å². The fourth-order valence-corrected chi connectivity index (χ4v) is 7.43. The zero-order valence-electron chi connectivity index (χ0n) is 15.6.